The van der Waals surface area contributed by atoms with Gasteiger partial charge in [0.15, 0.2) is 0 Å². The minimum Gasteiger partial charge on any atom is -0.312 e. The number of nitrogens with zero attached hydrogens (tertiary/aromatic N) is 3. The molecule has 0 atom stereocenters. The Morgan fingerprint density at radius 2 is 2.00 bits per heavy atom. The van der Waals surface area contributed by atoms with Crippen molar-refractivity contribution in [1.29, 1.82) is 0 Å². The van der Waals surface area contributed by atoms with Gasteiger partial charge in [0.1, 0.15) is 6.33 Å². The number of halogens is 4. The lowest BCUT2D eigenvalue weighted by molar-refractivity contribution is -0.143. The van der Waals surface area contributed by atoms with Crippen LogP contribution in [0.2, 0.25) is 0 Å². The second-order valence-electron chi connectivity index (χ2n) is 3.62. The molecule has 0 aliphatic carbocycles. The summed E-state index contributed by atoms with van der Waals surface area (Å²) in [7, 11) is 0. The maximum absolute atomic E-state index is 12.9. The zero-order valence-electron chi connectivity index (χ0n) is 8.29. The van der Waals surface area contributed by atoms with E-state index < -0.39 is 18.2 Å². The Labute approximate surface area is 84.1 Å². The fourth-order valence-corrected chi connectivity index (χ4v) is 1.14. The van der Waals surface area contributed by atoms with Crippen molar-refractivity contribution >= 4 is 0 Å². The maximum atomic E-state index is 12.9. The lowest BCUT2D eigenvalue weighted by atomic mass is 10.2. The zero-order valence-corrected chi connectivity index (χ0v) is 8.29. The standard InChI is InChI=1S/C8H11F4N3/c1-5(2)3-15-4-13-14-7(15)8(11,12)6(9)10/h4-6H,3H2,1-2H3. The van der Waals surface area contributed by atoms with E-state index >= 15 is 0 Å². The number of hydrogen-bond donors (Lipinski definition) is 0. The molecule has 0 N–H and O–H groups in total. The van der Waals surface area contributed by atoms with Crippen molar-refractivity contribution in [2.45, 2.75) is 32.7 Å². The van der Waals surface area contributed by atoms with Crippen molar-refractivity contribution in [2.75, 3.05) is 0 Å². The summed E-state index contributed by atoms with van der Waals surface area (Å²) >= 11 is 0. The molecule has 1 rings (SSSR count). The Morgan fingerprint density at radius 1 is 1.40 bits per heavy atom. The first-order valence-electron chi connectivity index (χ1n) is 4.40. The molecule has 3 nitrogen and oxygen atoms in total. The van der Waals surface area contributed by atoms with Crippen LogP contribution in [0.3, 0.4) is 0 Å². The molecular weight excluding hydrogens is 214 g/mol. The molecule has 15 heavy (non-hydrogen) atoms. The molecule has 7 heteroatoms. The molecule has 0 bridgehead atoms. The predicted octanol–water partition coefficient (Wildman–Crippen LogP) is 2.29. The van der Waals surface area contributed by atoms with Crippen LogP contribution in [0.4, 0.5) is 17.6 Å². The minimum atomic E-state index is -4.24. The van der Waals surface area contributed by atoms with Crippen LogP contribution in [-0.4, -0.2) is 21.2 Å². The van der Waals surface area contributed by atoms with Crippen LogP contribution in [0.5, 0.6) is 0 Å². The minimum absolute atomic E-state index is 0.0493. The highest BCUT2D eigenvalue weighted by Gasteiger charge is 2.47. The van der Waals surface area contributed by atoms with Crippen molar-refractivity contribution < 1.29 is 17.6 Å². The third-order valence-electron chi connectivity index (χ3n) is 1.75. The van der Waals surface area contributed by atoms with E-state index in [0.29, 0.717) is 0 Å². The maximum Gasteiger partial charge on any atom is 0.365 e. The fourth-order valence-electron chi connectivity index (χ4n) is 1.14. The molecule has 1 aromatic rings. The highest BCUT2D eigenvalue weighted by Crippen LogP contribution is 2.33. The van der Waals surface area contributed by atoms with Gasteiger partial charge in [-0.2, -0.15) is 8.78 Å². The first-order chi connectivity index (χ1) is 6.85. The fraction of sp³-hybridized carbons (Fsp3) is 0.750. The van der Waals surface area contributed by atoms with Gasteiger partial charge >= 0.3 is 12.3 Å². The third-order valence-corrected chi connectivity index (χ3v) is 1.75. The highest BCUT2D eigenvalue weighted by atomic mass is 19.3. The molecule has 0 radical (unpaired) electrons. The van der Waals surface area contributed by atoms with Gasteiger partial charge in [0.2, 0.25) is 5.82 Å². The molecule has 0 aliphatic heterocycles. The Balaban J connectivity index is 2.99. The average molecular weight is 225 g/mol. The summed E-state index contributed by atoms with van der Waals surface area (Å²) in [5.74, 6) is -5.18. The van der Waals surface area contributed by atoms with Gasteiger partial charge in [0.25, 0.3) is 0 Å². The second kappa shape index (κ2) is 4.16. The Morgan fingerprint density at radius 3 is 2.47 bits per heavy atom. The van der Waals surface area contributed by atoms with Gasteiger partial charge in [-0.25, -0.2) is 8.78 Å². The molecule has 0 spiro atoms. The summed E-state index contributed by atoms with van der Waals surface area (Å²) in [4.78, 5) is 0. The van der Waals surface area contributed by atoms with Crippen molar-refractivity contribution in [3.63, 3.8) is 0 Å². The van der Waals surface area contributed by atoms with Crippen LogP contribution >= 0.6 is 0 Å². The van der Waals surface area contributed by atoms with Gasteiger partial charge in [-0.05, 0) is 5.92 Å². The molecule has 0 aliphatic rings. The molecule has 86 valence electrons. The van der Waals surface area contributed by atoms with Gasteiger partial charge in [-0.1, -0.05) is 13.8 Å². The SMILES string of the molecule is CC(C)Cn1cnnc1C(F)(F)C(F)F. The molecule has 0 aromatic carbocycles. The quantitative estimate of drug-likeness (QED) is 0.736. The molecule has 0 saturated heterocycles. The number of aromatic nitrogens is 3. The van der Waals surface area contributed by atoms with Crippen LogP contribution in [0.15, 0.2) is 6.33 Å². The van der Waals surface area contributed by atoms with Crippen LogP contribution in [0, 0.1) is 5.92 Å². The van der Waals surface area contributed by atoms with E-state index in [0.717, 1.165) is 10.9 Å². The molecule has 0 unspecified atom stereocenters. The lowest BCUT2D eigenvalue weighted by Gasteiger charge is -2.16. The summed E-state index contributed by atoms with van der Waals surface area (Å²) < 4.78 is 51.0. The van der Waals surface area contributed by atoms with E-state index in [4.69, 9.17) is 0 Å². The van der Waals surface area contributed by atoms with Gasteiger partial charge in [-0.3, -0.25) is 0 Å². The van der Waals surface area contributed by atoms with Gasteiger partial charge < -0.3 is 4.57 Å². The monoisotopic (exact) mass is 225 g/mol. The van der Waals surface area contributed by atoms with Crippen LogP contribution < -0.4 is 0 Å². The van der Waals surface area contributed by atoms with Gasteiger partial charge in [0.05, 0.1) is 0 Å². The topological polar surface area (TPSA) is 30.7 Å². The van der Waals surface area contributed by atoms with Crippen molar-refractivity contribution in [1.82, 2.24) is 14.8 Å². The molecule has 1 aromatic heterocycles. The molecule has 1 heterocycles. The van der Waals surface area contributed by atoms with Crippen LogP contribution in [0.1, 0.15) is 19.7 Å². The van der Waals surface area contributed by atoms with E-state index in [1.807, 2.05) is 0 Å². The summed E-state index contributed by atoms with van der Waals surface area (Å²) in [6.07, 6.45) is -2.74. The highest BCUT2D eigenvalue weighted by molar-refractivity contribution is 4.98. The first kappa shape index (κ1) is 11.9. The van der Waals surface area contributed by atoms with Crippen LogP contribution in [0.25, 0.3) is 0 Å². The summed E-state index contributed by atoms with van der Waals surface area (Å²) in [5.41, 5.74) is 0. The van der Waals surface area contributed by atoms with Crippen molar-refractivity contribution in [2.24, 2.45) is 5.92 Å². The summed E-state index contributed by atoms with van der Waals surface area (Å²) in [5, 5.41) is 6.27. The summed E-state index contributed by atoms with van der Waals surface area (Å²) in [6, 6.07) is 0. The number of alkyl halides is 4. The van der Waals surface area contributed by atoms with E-state index in [9.17, 15) is 17.6 Å². The smallest absolute Gasteiger partial charge is 0.312 e. The average Bonchev–Trinajstić information content (AvgIpc) is 2.51. The van der Waals surface area contributed by atoms with Gasteiger partial charge in [-0.15, -0.1) is 10.2 Å². The molecule has 0 fully saturated rings. The van der Waals surface area contributed by atoms with E-state index in [-0.39, 0.29) is 12.5 Å². The predicted molar refractivity (Wildman–Crippen MR) is 44.8 cm³/mol. The number of rotatable bonds is 4. The van der Waals surface area contributed by atoms with E-state index in [2.05, 4.69) is 10.2 Å². The van der Waals surface area contributed by atoms with E-state index in [1.165, 1.54) is 0 Å². The van der Waals surface area contributed by atoms with Gasteiger partial charge in [0, 0.05) is 6.54 Å². The lowest BCUT2D eigenvalue weighted by Crippen LogP contribution is -2.28. The third kappa shape index (κ3) is 2.45. The second-order valence-corrected chi connectivity index (χ2v) is 3.62. The molecule has 0 saturated carbocycles. The Bertz CT molecular complexity index is 321. The zero-order chi connectivity index (χ0) is 11.6. The molecular formula is C8H11F4N3. The Kier molecular flexibility index (Phi) is 3.31. The molecule has 0 amide bonds. The first-order valence-corrected chi connectivity index (χ1v) is 4.40. The Hall–Kier alpha value is -1.14. The normalized spacial score (nSPS) is 12.8. The van der Waals surface area contributed by atoms with Crippen LogP contribution in [-0.2, 0) is 12.5 Å². The van der Waals surface area contributed by atoms with E-state index in [1.54, 1.807) is 13.8 Å². The largest absolute Gasteiger partial charge is 0.365 e. The van der Waals surface area contributed by atoms with Crippen molar-refractivity contribution in [3.8, 4) is 0 Å². The van der Waals surface area contributed by atoms with Crippen molar-refractivity contribution in [3.05, 3.63) is 12.2 Å². The summed E-state index contributed by atoms with van der Waals surface area (Å²) in [6.45, 7) is 3.75. The number of hydrogen-bond acceptors (Lipinski definition) is 2.